The molecule has 0 aliphatic carbocycles. The third kappa shape index (κ3) is 7.40. The second-order valence-corrected chi connectivity index (χ2v) is 10.8. The summed E-state index contributed by atoms with van der Waals surface area (Å²) in [5.41, 5.74) is 4.83. The Kier molecular flexibility index (Phi) is 8.90. The average Bonchev–Trinajstić information content (AvgIpc) is 3.51. The van der Waals surface area contributed by atoms with E-state index in [1.165, 1.54) is 6.07 Å². The number of carbonyl (C=O) groups excluding carboxylic acids is 1. The van der Waals surface area contributed by atoms with Crippen molar-refractivity contribution in [2.24, 2.45) is 0 Å². The predicted octanol–water partition coefficient (Wildman–Crippen LogP) is 2.64. The van der Waals surface area contributed by atoms with Crippen LogP contribution in [0.1, 0.15) is 38.6 Å². The van der Waals surface area contributed by atoms with Crippen LogP contribution in [-0.2, 0) is 37.3 Å². The molecule has 12 nitrogen and oxygen atoms in total. The van der Waals surface area contributed by atoms with Gasteiger partial charge in [-0.15, -0.1) is 5.10 Å². The van der Waals surface area contributed by atoms with Gasteiger partial charge in [0.1, 0.15) is 5.75 Å². The molecule has 0 unspecified atom stereocenters. The van der Waals surface area contributed by atoms with E-state index in [9.17, 15) is 19.7 Å². The van der Waals surface area contributed by atoms with Gasteiger partial charge in [0, 0.05) is 32.0 Å². The Morgan fingerprint density at radius 3 is 2.24 bits per heavy atom. The molecule has 45 heavy (non-hydrogen) atoms. The van der Waals surface area contributed by atoms with Gasteiger partial charge in [-0.25, -0.2) is 9.48 Å². The van der Waals surface area contributed by atoms with Crippen molar-refractivity contribution in [1.29, 1.82) is 0 Å². The number of fused-ring (bicyclic) bond motifs is 1. The number of carboxylic acid groups (broad SMARTS) is 1. The number of hydrogen-bond acceptors (Lipinski definition) is 9. The maximum atomic E-state index is 12.8. The molecular formula is C32H30BN7O5. The van der Waals surface area contributed by atoms with E-state index in [0.29, 0.717) is 25.2 Å². The summed E-state index contributed by atoms with van der Waals surface area (Å²) in [6.07, 6.45) is 5.78. The van der Waals surface area contributed by atoms with Gasteiger partial charge in [-0.05, 0) is 60.0 Å². The number of carboxylic acids is 1. The number of para-hydroxylation sites is 1. The van der Waals surface area contributed by atoms with Gasteiger partial charge < -0.3 is 20.1 Å². The topological polar surface area (TPSA) is 156 Å². The Balaban J connectivity index is 1.07. The lowest BCUT2D eigenvalue weighted by Gasteiger charge is -2.28. The van der Waals surface area contributed by atoms with Crippen molar-refractivity contribution in [3.05, 3.63) is 131 Å². The zero-order chi connectivity index (χ0) is 31.2. The van der Waals surface area contributed by atoms with Gasteiger partial charge in [-0.1, -0.05) is 41.6 Å². The first-order valence-corrected chi connectivity index (χ1v) is 14.4. The minimum absolute atomic E-state index is 0.0257. The lowest BCUT2D eigenvalue weighted by atomic mass is 9.72. The van der Waals surface area contributed by atoms with E-state index in [0.717, 1.165) is 28.3 Å². The van der Waals surface area contributed by atoms with Gasteiger partial charge in [0.15, 0.2) is 0 Å². The van der Waals surface area contributed by atoms with Gasteiger partial charge in [0.2, 0.25) is 5.91 Å². The van der Waals surface area contributed by atoms with Crippen LogP contribution in [0.4, 0.5) is 0 Å². The summed E-state index contributed by atoms with van der Waals surface area (Å²) < 4.78 is 7.16. The number of aromatic carboxylic acids is 1. The summed E-state index contributed by atoms with van der Waals surface area (Å²) >= 11 is 0. The summed E-state index contributed by atoms with van der Waals surface area (Å²) in [4.78, 5) is 35.4. The molecule has 0 bridgehead atoms. The zero-order valence-corrected chi connectivity index (χ0v) is 24.2. The average molecular weight is 603 g/mol. The highest BCUT2D eigenvalue weighted by Gasteiger charge is 2.37. The lowest BCUT2D eigenvalue weighted by Crippen LogP contribution is -2.53. The zero-order valence-electron chi connectivity index (χ0n) is 24.2. The molecule has 5 aromatic rings. The smallest absolute Gasteiger partial charge is 0.534 e. The molecule has 1 amide bonds. The third-order valence-corrected chi connectivity index (χ3v) is 7.41. The molecule has 4 heterocycles. The Morgan fingerprint density at radius 1 is 0.911 bits per heavy atom. The molecule has 6 rings (SSSR count). The quantitative estimate of drug-likeness (QED) is 0.192. The second-order valence-electron chi connectivity index (χ2n) is 10.8. The molecule has 0 saturated heterocycles. The van der Waals surface area contributed by atoms with Crippen molar-refractivity contribution in [3.8, 4) is 11.4 Å². The van der Waals surface area contributed by atoms with Gasteiger partial charge >= 0.3 is 13.1 Å². The van der Waals surface area contributed by atoms with Gasteiger partial charge in [-0.2, -0.15) is 0 Å². The monoisotopic (exact) mass is 603 g/mol. The van der Waals surface area contributed by atoms with E-state index < -0.39 is 19.0 Å². The Hall–Kier alpha value is -5.40. The number of nitrogens with one attached hydrogen (secondary N) is 1. The van der Waals surface area contributed by atoms with Crippen LogP contribution < -0.4 is 9.97 Å². The number of amides is 1. The fourth-order valence-electron chi connectivity index (χ4n) is 5.26. The number of rotatable bonds is 11. The van der Waals surface area contributed by atoms with Crippen LogP contribution in [0.25, 0.3) is 5.69 Å². The third-order valence-electron chi connectivity index (χ3n) is 7.41. The molecule has 0 spiro atoms. The maximum absolute atomic E-state index is 12.8. The van der Waals surface area contributed by atoms with Crippen LogP contribution in [0.3, 0.4) is 0 Å². The Morgan fingerprint density at radius 2 is 1.60 bits per heavy atom. The van der Waals surface area contributed by atoms with Crippen LogP contribution in [0.2, 0.25) is 0 Å². The van der Waals surface area contributed by atoms with Crippen LogP contribution in [0.15, 0.2) is 97.5 Å². The second kappa shape index (κ2) is 13.5. The summed E-state index contributed by atoms with van der Waals surface area (Å²) in [5.74, 6) is -2.02. The molecule has 3 N–H and O–H groups in total. The van der Waals surface area contributed by atoms with Gasteiger partial charge in [0.25, 0.3) is 0 Å². The number of nitrogens with zero attached hydrogens (tertiary/aromatic N) is 6. The highest BCUT2D eigenvalue weighted by molar-refractivity contribution is 6.47. The number of pyridine rings is 2. The SMILES string of the molecule is O=C(Cc1ccc(-n2cc(CN(Cc3ccccn3)Cc3ccccn3)nn2)cc1)N[C@H]1Cc2cccc(C(=O)O)c2OB1O. The van der Waals surface area contributed by atoms with E-state index in [1.807, 2.05) is 66.9 Å². The van der Waals surface area contributed by atoms with Crippen molar-refractivity contribution >= 4 is 19.0 Å². The molecule has 0 radical (unpaired) electrons. The molecule has 1 aliphatic heterocycles. The Bertz CT molecular complexity index is 1730. The largest absolute Gasteiger partial charge is 0.547 e. The number of hydrogen-bond donors (Lipinski definition) is 3. The molecule has 2 aromatic carbocycles. The van der Waals surface area contributed by atoms with Gasteiger partial charge in [-0.3, -0.25) is 19.7 Å². The molecule has 0 saturated carbocycles. The minimum Gasteiger partial charge on any atom is -0.534 e. The first-order valence-electron chi connectivity index (χ1n) is 14.4. The highest BCUT2D eigenvalue weighted by atomic mass is 16.5. The summed E-state index contributed by atoms with van der Waals surface area (Å²) in [5, 5.41) is 31.3. The maximum Gasteiger partial charge on any atom is 0.547 e. The van der Waals surface area contributed by atoms with Crippen molar-refractivity contribution in [1.82, 2.24) is 35.2 Å². The van der Waals surface area contributed by atoms with E-state index >= 15 is 0 Å². The minimum atomic E-state index is -1.37. The van der Waals surface area contributed by atoms with E-state index in [4.69, 9.17) is 4.65 Å². The summed E-state index contributed by atoms with van der Waals surface area (Å²) in [6, 6.07) is 23.9. The van der Waals surface area contributed by atoms with E-state index in [2.05, 4.69) is 30.5 Å². The van der Waals surface area contributed by atoms with Crippen molar-refractivity contribution < 1.29 is 24.4 Å². The lowest BCUT2D eigenvalue weighted by molar-refractivity contribution is -0.120. The van der Waals surface area contributed by atoms with Crippen molar-refractivity contribution in [2.75, 3.05) is 0 Å². The number of benzene rings is 2. The molecule has 1 atom stereocenters. The normalized spacial score (nSPS) is 14.1. The van der Waals surface area contributed by atoms with Crippen LogP contribution in [0, 0.1) is 0 Å². The molecule has 13 heteroatoms. The first kappa shape index (κ1) is 29.7. The predicted molar refractivity (Wildman–Crippen MR) is 164 cm³/mol. The van der Waals surface area contributed by atoms with Crippen LogP contribution in [0.5, 0.6) is 5.75 Å². The Labute approximate surface area is 259 Å². The van der Waals surface area contributed by atoms with E-state index in [1.54, 1.807) is 29.2 Å². The number of aromatic nitrogens is 5. The summed E-state index contributed by atoms with van der Waals surface area (Å²) in [6.45, 7) is 1.80. The fourth-order valence-corrected chi connectivity index (χ4v) is 5.26. The molecule has 3 aromatic heterocycles. The molecule has 0 fully saturated rings. The van der Waals surface area contributed by atoms with Crippen molar-refractivity contribution in [3.63, 3.8) is 0 Å². The molecule has 226 valence electrons. The molecule has 1 aliphatic rings. The molecular weight excluding hydrogens is 573 g/mol. The van der Waals surface area contributed by atoms with Crippen molar-refractivity contribution in [2.45, 2.75) is 38.4 Å². The van der Waals surface area contributed by atoms with Crippen LogP contribution in [-0.4, -0.2) is 64.9 Å². The summed E-state index contributed by atoms with van der Waals surface area (Å²) in [7, 11) is -1.37. The standard InChI is InChI=1S/C32H30BN7O5/c41-30(36-29-17-23-6-5-9-28(32(42)43)31(23)45-33(29)44)16-22-10-12-27(13-11-22)40-21-26(37-38-40)20-39(18-24-7-1-3-14-34-24)19-25-8-2-4-15-35-25/h1-15,21,29,44H,16-20H2,(H,36,41)(H,42,43)/t29-/m0/s1. The number of carbonyl (C=O) groups is 2. The fraction of sp³-hybridized carbons (Fsp3) is 0.188. The first-order chi connectivity index (χ1) is 21.9. The highest BCUT2D eigenvalue weighted by Crippen LogP contribution is 2.30. The van der Waals surface area contributed by atoms with Gasteiger partial charge in [0.05, 0.1) is 46.9 Å². The van der Waals surface area contributed by atoms with Crippen LogP contribution >= 0.6 is 0 Å². The van der Waals surface area contributed by atoms with E-state index in [-0.39, 0.29) is 30.1 Å².